The molecule has 0 heteroatoms. The van der Waals surface area contributed by atoms with Crippen LogP contribution in [0.15, 0.2) is 12.7 Å². The van der Waals surface area contributed by atoms with E-state index < -0.39 is 0 Å². The Morgan fingerprint density at radius 1 is 1.29 bits per heavy atom. The summed E-state index contributed by atoms with van der Waals surface area (Å²) >= 11 is 0. The molecular weight excluding hydrogens is 84.1 g/mol. The zero-order valence-corrected chi connectivity index (χ0v) is 5.70. The monoisotopic (exact) mass is 100 g/mol. The first-order valence-electron chi connectivity index (χ1n) is 2.94. The van der Waals surface area contributed by atoms with Crippen LogP contribution in [0.1, 0.15) is 33.6 Å². The molecule has 0 aliphatic heterocycles. The van der Waals surface area contributed by atoms with Gasteiger partial charge in [0.05, 0.1) is 0 Å². The number of allylic oxidation sites excluding steroid dienone is 1. The first kappa shape index (κ1) is 9.88. The summed E-state index contributed by atoms with van der Waals surface area (Å²) in [4.78, 5) is 0. The average Bonchev–Trinajstić information content (AvgIpc) is 1.69. The van der Waals surface area contributed by atoms with Gasteiger partial charge in [0, 0.05) is 0 Å². The van der Waals surface area contributed by atoms with Gasteiger partial charge >= 0.3 is 0 Å². The Bertz CT molecular complexity index is 21.2. The SMILES string of the molecule is C=CCC.CCC. The molecule has 0 spiro atoms. The second kappa shape index (κ2) is 17.2. The summed E-state index contributed by atoms with van der Waals surface area (Å²) in [5, 5.41) is 0. The van der Waals surface area contributed by atoms with E-state index >= 15 is 0 Å². The predicted molar refractivity (Wildman–Crippen MR) is 36.5 cm³/mol. The standard InChI is InChI=1S/C4H8.C3H8/c1-3-4-2;1-3-2/h3H,1,4H2,2H3;3H2,1-2H3. The minimum atomic E-state index is 1.08. The summed E-state index contributed by atoms with van der Waals surface area (Å²) in [6.45, 7) is 9.79. The number of rotatable bonds is 1. The van der Waals surface area contributed by atoms with Crippen LogP contribution in [0.2, 0.25) is 0 Å². The van der Waals surface area contributed by atoms with Gasteiger partial charge in [-0.05, 0) is 6.42 Å². The largest absolute Gasteiger partial charge is 0.103 e. The lowest BCUT2D eigenvalue weighted by molar-refractivity contribution is 1.09. The molecule has 0 nitrogen and oxygen atoms in total. The topological polar surface area (TPSA) is 0 Å². The van der Waals surface area contributed by atoms with Crippen LogP contribution < -0.4 is 0 Å². The van der Waals surface area contributed by atoms with Crippen LogP contribution in [0.5, 0.6) is 0 Å². The van der Waals surface area contributed by atoms with Gasteiger partial charge in [-0.2, -0.15) is 0 Å². The number of hydrogen-bond donors (Lipinski definition) is 0. The van der Waals surface area contributed by atoms with Gasteiger partial charge in [0.2, 0.25) is 0 Å². The van der Waals surface area contributed by atoms with Gasteiger partial charge in [0.25, 0.3) is 0 Å². The molecule has 0 amide bonds. The highest BCUT2D eigenvalue weighted by Gasteiger charge is 1.45. The maximum Gasteiger partial charge on any atom is -0.0382 e. The lowest BCUT2D eigenvalue weighted by Gasteiger charge is -1.57. The van der Waals surface area contributed by atoms with Crippen molar-refractivity contribution in [3.05, 3.63) is 12.7 Å². The molecule has 0 N–H and O–H groups in total. The fourth-order valence-electron chi connectivity index (χ4n) is 0. The molecule has 0 unspecified atom stereocenters. The zero-order chi connectivity index (χ0) is 6.12. The Balaban J connectivity index is 0. The Morgan fingerprint density at radius 3 is 1.43 bits per heavy atom. The molecule has 0 saturated carbocycles. The highest BCUT2D eigenvalue weighted by atomic mass is 13.5. The van der Waals surface area contributed by atoms with Crippen molar-refractivity contribution in [2.24, 2.45) is 0 Å². The molecule has 0 atom stereocenters. The van der Waals surface area contributed by atoms with Crippen molar-refractivity contribution in [1.29, 1.82) is 0 Å². The van der Waals surface area contributed by atoms with Gasteiger partial charge in [-0.25, -0.2) is 0 Å². The third-order valence-corrected chi connectivity index (χ3v) is 0.289. The molecule has 0 heterocycles. The smallest absolute Gasteiger partial charge is 0.0382 e. The summed E-state index contributed by atoms with van der Waals surface area (Å²) in [7, 11) is 0. The van der Waals surface area contributed by atoms with Gasteiger partial charge in [0.15, 0.2) is 0 Å². The minimum absolute atomic E-state index is 1.08. The molecule has 0 aromatic carbocycles. The molecule has 0 aromatic heterocycles. The Kier molecular flexibility index (Phi) is 24.3. The normalized spacial score (nSPS) is 6.14. The summed E-state index contributed by atoms with van der Waals surface area (Å²) in [5.74, 6) is 0. The lowest BCUT2D eigenvalue weighted by Crippen LogP contribution is -1.36. The van der Waals surface area contributed by atoms with E-state index in [2.05, 4.69) is 27.4 Å². The van der Waals surface area contributed by atoms with Crippen molar-refractivity contribution in [3.8, 4) is 0 Å². The molecule has 0 bridgehead atoms. The van der Waals surface area contributed by atoms with E-state index in [0.29, 0.717) is 0 Å². The van der Waals surface area contributed by atoms with Crippen LogP contribution in [0, 0.1) is 0 Å². The molecule has 0 radical (unpaired) electrons. The fourth-order valence-corrected chi connectivity index (χ4v) is 0. The van der Waals surface area contributed by atoms with Crippen LogP contribution in [-0.2, 0) is 0 Å². The first-order chi connectivity index (χ1) is 3.33. The van der Waals surface area contributed by atoms with Crippen molar-refractivity contribution in [2.45, 2.75) is 33.6 Å². The van der Waals surface area contributed by atoms with Crippen molar-refractivity contribution in [3.63, 3.8) is 0 Å². The highest BCUT2D eigenvalue weighted by molar-refractivity contribution is 4.60. The van der Waals surface area contributed by atoms with Crippen LogP contribution in [0.4, 0.5) is 0 Å². The van der Waals surface area contributed by atoms with Crippen LogP contribution >= 0.6 is 0 Å². The van der Waals surface area contributed by atoms with Crippen LogP contribution in [0.3, 0.4) is 0 Å². The number of hydrogen-bond acceptors (Lipinski definition) is 0. The van der Waals surface area contributed by atoms with Crippen molar-refractivity contribution >= 4 is 0 Å². The summed E-state index contributed by atoms with van der Waals surface area (Å²) < 4.78 is 0. The highest BCUT2D eigenvalue weighted by Crippen LogP contribution is 1.66. The van der Waals surface area contributed by atoms with Gasteiger partial charge in [-0.15, -0.1) is 6.58 Å². The molecule has 0 aliphatic rings. The van der Waals surface area contributed by atoms with E-state index in [1.54, 1.807) is 0 Å². The van der Waals surface area contributed by atoms with E-state index in [-0.39, 0.29) is 0 Å². The predicted octanol–water partition coefficient (Wildman–Crippen LogP) is 3.00. The van der Waals surface area contributed by atoms with Gasteiger partial charge in [-0.3, -0.25) is 0 Å². The molecule has 44 valence electrons. The van der Waals surface area contributed by atoms with Crippen molar-refractivity contribution < 1.29 is 0 Å². The maximum atomic E-state index is 3.48. The van der Waals surface area contributed by atoms with Gasteiger partial charge < -0.3 is 0 Å². The molecule has 0 rings (SSSR count). The Hall–Kier alpha value is -0.260. The summed E-state index contributed by atoms with van der Waals surface area (Å²) in [5.41, 5.74) is 0. The molecule has 7 heavy (non-hydrogen) atoms. The fraction of sp³-hybridized carbons (Fsp3) is 0.714. The molecular formula is C7H16. The van der Waals surface area contributed by atoms with E-state index in [4.69, 9.17) is 0 Å². The second-order valence-corrected chi connectivity index (χ2v) is 1.40. The van der Waals surface area contributed by atoms with Crippen molar-refractivity contribution in [2.75, 3.05) is 0 Å². The molecule has 0 aliphatic carbocycles. The van der Waals surface area contributed by atoms with Crippen molar-refractivity contribution in [1.82, 2.24) is 0 Å². The van der Waals surface area contributed by atoms with Crippen LogP contribution in [0.25, 0.3) is 0 Å². The lowest BCUT2D eigenvalue weighted by atomic mass is 10.5. The van der Waals surface area contributed by atoms with Crippen LogP contribution in [-0.4, -0.2) is 0 Å². The third-order valence-electron chi connectivity index (χ3n) is 0.289. The van der Waals surface area contributed by atoms with E-state index in [1.165, 1.54) is 6.42 Å². The van der Waals surface area contributed by atoms with E-state index in [0.717, 1.165) is 6.42 Å². The first-order valence-corrected chi connectivity index (χ1v) is 2.94. The quantitative estimate of drug-likeness (QED) is 0.444. The zero-order valence-electron chi connectivity index (χ0n) is 5.70. The maximum absolute atomic E-state index is 3.48. The van der Waals surface area contributed by atoms with Gasteiger partial charge in [0.1, 0.15) is 0 Å². The van der Waals surface area contributed by atoms with E-state index in [1.807, 2.05) is 6.08 Å². The summed E-state index contributed by atoms with van der Waals surface area (Å²) in [6.07, 6.45) is 4.21. The average molecular weight is 100 g/mol. The van der Waals surface area contributed by atoms with Gasteiger partial charge in [-0.1, -0.05) is 33.3 Å². The summed E-state index contributed by atoms with van der Waals surface area (Å²) in [6, 6.07) is 0. The van der Waals surface area contributed by atoms with E-state index in [9.17, 15) is 0 Å². The second-order valence-electron chi connectivity index (χ2n) is 1.40. The Labute approximate surface area is 47.2 Å². The molecule has 0 saturated heterocycles. The third kappa shape index (κ3) is 147. The molecule has 0 fully saturated rings. The minimum Gasteiger partial charge on any atom is -0.103 e. The molecule has 0 aromatic rings. The Morgan fingerprint density at radius 2 is 1.43 bits per heavy atom.